The molecule has 0 saturated carbocycles. The minimum Gasteiger partial charge on any atom is -0.478 e. The Morgan fingerprint density at radius 2 is 1.97 bits per heavy atom. The molecule has 4 aromatic rings. The van der Waals surface area contributed by atoms with E-state index in [0.717, 1.165) is 16.9 Å². The van der Waals surface area contributed by atoms with Crippen LogP contribution in [0.2, 0.25) is 5.02 Å². The van der Waals surface area contributed by atoms with Crippen LogP contribution in [0.15, 0.2) is 83.4 Å². The van der Waals surface area contributed by atoms with Gasteiger partial charge in [0.2, 0.25) is 0 Å². The van der Waals surface area contributed by atoms with E-state index < -0.39 is 5.97 Å². The zero-order valence-electron chi connectivity index (χ0n) is 18.1. The zero-order valence-corrected chi connectivity index (χ0v) is 19.7. The summed E-state index contributed by atoms with van der Waals surface area (Å²) in [6.45, 7) is 2.03. The predicted octanol–water partition coefficient (Wildman–Crippen LogP) is 6.18. The van der Waals surface area contributed by atoms with Gasteiger partial charge in [-0.15, -0.1) is 0 Å². The maximum absolute atomic E-state index is 11.5. The molecule has 1 fully saturated rings. The highest BCUT2D eigenvalue weighted by Gasteiger charge is 2.42. The zero-order chi connectivity index (χ0) is 23.8. The van der Waals surface area contributed by atoms with Crippen molar-refractivity contribution in [2.24, 2.45) is 0 Å². The molecule has 1 saturated heterocycles. The van der Waals surface area contributed by atoms with Crippen molar-refractivity contribution in [3.8, 4) is 11.3 Å². The highest BCUT2D eigenvalue weighted by atomic mass is 35.5. The largest absolute Gasteiger partial charge is 0.478 e. The third-order valence-electron chi connectivity index (χ3n) is 5.77. The number of hydrogen-bond donors (Lipinski definition) is 2. The summed E-state index contributed by atoms with van der Waals surface area (Å²) in [7, 11) is 0. The summed E-state index contributed by atoms with van der Waals surface area (Å²) in [6, 6.07) is 21.5. The number of nitrogens with one attached hydrogen (secondary N) is 1. The summed E-state index contributed by atoms with van der Waals surface area (Å²) in [4.78, 5) is 18.0. The third-order valence-corrected chi connectivity index (χ3v) is 6.42. The van der Waals surface area contributed by atoms with Crippen molar-refractivity contribution >= 4 is 40.6 Å². The summed E-state index contributed by atoms with van der Waals surface area (Å²) >= 11 is 12.1. The molecule has 5 rings (SSSR count). The highest BCUT2D eigenvalue weighted by molar-refractivity contribution is 7.80. The molecule has 2 aromatic heterocycles. The van der Waals surface area contributed by atoms with Crippen molar-refractivity contribution < 1.29 is 14.3 Å². The van der Waals surface area contributed by atoms with Crippen molar-refractivity contribution in [3.63, 3.8) is 0 Å². The topological polar surface area (TPSA) is 78.6 Å². The van der Waals surface area contributed by atoms with Gasteiger partial charge in [0.05, 0.1) is 22.3 Å². The number of hydrogen-bond acceptors (Lipinski definition) is 4. The van der Waals surface area contributed by atoms with Crippen LogP contribution in [0.3, 0.4) is 0 Å². The van der Waals surface area contributed by atoms with E-state index in [1.165, 1.54) is 12.1 Å². The van der Waals surface area contributed by atoms with Crippen LogP contribution in [0.4, 0.5) is 5.69 Å². The molecule has 170 valence electrons. The predicted molar refractivity (Wildman–Crippen MR) is 135 cm³/mol. The second-order valence-corrected chi connectivity index (χ2v) is 8.83. The fraction of sp³-hybridized carbons (Fsp3) is 0.115. The van der Waals surface area contributed by atoms with Crippen molar-refractivity contribution in [3.05, 3.63) is 107 Å². The first-order valence-corrected chi connectivity index (χ1v) is 11.4. The number of carbonyl (C=O) groups is 1. The van der Waals surface area contributed by atoms with Gasteiger partial charge in [-0.3, -0.25) is 4.98 Å². The number of furan rings is 1. The summed E-state index contributed by atoms with van der Waals surface area (Å²) < 4.78 is 6.30. The van der Waals surface area contributed by atoms with Gasteiger partial charge in [0.1, 0.15) is 17.6 Å². The Bertz CT molecular complexity index is 1390. The second-order valence-electron chi connectivity index (χ2n) is 8.04. The molecule has 0 unspecified atom stereocenters. The van der Waals surface area contributed by atoms with E-state index >= 15 is 0 Å². The van der Waals surface area contributed by atoms with E-state index in [0.29, 0.717) is 27.2 Å². The Labute approximate surface area is 206 Å². The van der Waals surface area contributed by atoms with Crippen LogP contribution in [0, 0.1) is 6.92 Å². The van der Waals surface area contributed by atoms with Crippen LogP contribution in [-0.4, -0.2) is 21.2 Å². The van der Waals surface area contributed by atoms with Crippen LogP contribution < -0.4 is 10.2 Å². The van der Waals surface area contributed by atoms with Gasteiger partial charge in [-0.05, 0) is 79.3 Å². The molecule has 6 nitrogen and oxygen atoms in total. The molecule has 0 amide bonds. The molecule has 0 aliphatic carbocycles. The Morgan fingerprint density at radius 1 is 1.12 bits per heavy atom. The molecule has 2 atom stereocenters. The fourth-order valence-corrected chi connectivity index (χ4v) is 4.76. The fourth-order valence-electron chi connectivity index (χ4n) is 4.20. The molecule has 34 heavy (non-hydrogen) atoms. The van der Waals surface area contributed by atoms with E-state index in [2.05, 4.69) is 16.4 Å². The number of anilines is 1. The number of aryl methyl sites for hydroxylation is 1. The molecule has 0 bridgehead atoms. The first kappa shape index (κ1) is 22.1. The average Bonchev–Trinajstić information content (AvgIpc) is 3.44. The Balaban J connectivity index is 1.61. The number of carboxylic acids is 1. The number of benzene rings is 2. The summed E-state index contributed by atoms with van der Waals surface area (Å²) in [5.41, 5.74) is 3.52. The molecular formula is C26H20ClN3O3S. The van der Waals surface area contributed by atoms with Crippen molar-refractivity contribution in [1.82, 2.24) is 10.3 Å². The lowest BCUT2D eigenvalue weighted by Crippen LogP contribution is -2.29. The maximum Gasteiger partial charge on any atom is 0.335 e. The second kappa shape index (κ2) is 8.93. The van der Waals surface area contributed by atoms with Crippen LogP contribution in [0.25, 0.3) is 11.3 Å². The number of aromatic carboxylic acids is 1. The molecule has 0 radical (unpaired) electrons. The lowest BCUT2D eigenvalue weighted by molar-refractivity contribution is 0.0697. The molecular weight excluding hydrogens is 470 g/mol. The third kappa shape index (κ3) is 4.04. The lowest BCUT2D eigenvalue weighted by atomic mass is 10.0. The highest BCUT2D eigenvalue weighted by Crippen LogP contribution is 2.43. The van der Waals surface area contributed by atoms with E-state index in [-0.39, 0.29) is 17.6 Å². The van der Waals surface area contributed by atoms with E-state index in [1.54, 1.807) is 18.3 Å². The first-order chi connectivity index (χ1) is 16.4. The van der Waals surface area contributed by atoms with E-state index in [1.807, 2.05) is 54.3 Å². The average molecular weight is 490 g/mol. The molecule has 2 aromatic carbocycles. The van der Waals surface area contributed by atoms with Gasteiger partial charge in [-0.25, -0.2) is 4.79 Å². The molecule has 1 aliphatic heterocycles. The molecule has 0 spiro atoms. The number of aromatic nitrogens is 1. The van der Waals surface area contributed by atoms with Crippen molar-refractivity contribution in [2.45, 2.75) is 19.0 Å². The maximum atomic E-state index is 11.5. The summed E-state index contributed by atoms with van der Waals surface area (Å²) in [5, 5.41) is 13.8. The monoisotopic (exact) mass is 489 g/mol. The Hall–Kier alpha value is -3.68. The first-order valence-electron chi connectivity index (χ1n) is 10.6. The van der Waals surface area contributed by atoms with Gasteiger partial charge < -0.3 is 19.7 Å². The van der Waals surface area contributed by atoms with Crippen LogP contribution >= 0.6 is 23.8 Å². The van der Waals surface area contributed by atoms with Crippen LogP contribution in [0.5, 0.6) is 0 Å². The smallest absolute Gasteiger partial charge is 0.335 e. The lowest BCUT2D eigenvalue weighted by Gasteiger charge is -2.26. The van der Waals surface area contributed by atoms with Gasteiger partial charge >= 0.3 is 5.97 Å². The standard InChI is InChI=1S/C26H20ClN3O3S/c1-15-5-4-6-17(13-15)30-24(23(29-26(30)34)20-7-2-3-12-28-20)22-11-10-21(33-22)18-14-16(25(31)32)8-9-19(18)27/h2-14,23-24H,1H3,(H,29,34)(H,31,32)/t23-,24+/m0/s1. The van der Waals surface area contributed by atoms with Gasteiger partial charge in [-0.2, -0.15) is 0 Å². The van der Waals surface area contributed by atoms with E-state index in [4.69, 9.17) is 28.2 Å². The number of nitrogens with zero attached hydrogens (tertiary/aromatic N) is 2. The van der Waals surface area contributed by atoms with Gasteiger partial charge in [0.25, 0.3) is 0 Å². The number of rotatable bonds is 5. The quantitative estimate of drug-likeness (QED) is 0.324. The minimum atomic E-state index is -1.03. The normalized spacial score (nSPS) is 17.6. The molecule has 2 N–H and O–H groups in total. The molecule has 3 heterocycles. The SMILES string of the molecule is Cc1cccc(N2C(=S)N[C@@H](c3ccccn3)[C@H]2c2ccc(-c3cc(C(=O)O)ccc3Cl)o2)c1. The van der Waals surface area contributed by atoms with Crippen molar-refractivity contribution in [2.75, 3.05) is 4.90 Å². The number of carboxylic acid groups (broad SMARTS) is 1. The number of pyridine rings is 1. The minimum absolute atomic E-state index is 0.133. The summed E-state index contributed by atoms with van der Waals surface area (Å²) in [6.07, 6.45) is 1.75. The van der Waals surface area contributed by atoms with Crippen molar-refractivity contribution in [1.29, 1.82) is 0 Å². The van der Waals surface area contributed by atoms with Gasteiger partial charge in [0, 0.05) is 17.4 Å². The molecule has 1 aliphatic rings. The number of thiocarbonyl (C=S) groups is 1. The number of halogens is 1. The van der Waals surface area contributed by atoms with Crippen LogP contribution in [0.1, 0.15) is 39.5 Å². The Morgan fingerprint density at radius 3 is 2.71 bits per heavy atom. The van der Waals surface area contributed by atoms with Crippen LogP contribution in [-0.2, 0) is 0 Å². The molecule has 8 heteroatoms. The Kier molecular flexibility index (Phi) is 5.81. The van der Waals surface area contributed by atoms with Gasteiger partial charge in [0.15, 0.2) is 5.11 Å². The summed E-state index contributed by atoms with van der Waals surface area (Å²) in [5.74, 6) is 0.0945. The van der Waals surface area contributed by atoms with Gasteiger partial charge in [-0.1, -0.05) is 29.8 Å². The van der Waals surface area contributed by atoms with E-state index in [9.17, 15) is 9.90 Å².